The maximum atomic E-state index is 12.0. The number of halogens is 2. The second kappa shape index (κ2) is 8.65. The van der Waals surface area contributed by atoms with E-state index in [0.29, 0.717) is 23.9 Å². The van der Waals surface area contributed by atoms with E-state index in [0.717, 1.165) is 35.0 Å². The number of aryl methyl sites for hydroxylation is 1. The average Bonchev–Trinajstić information content (AvgIpc) is 2.40. The van der Waals surface area contributed by atoms with Gasteiger partial charge in [0.25, 0.3) is 0 Å². The van der Waals surface area contributed by atoms with Crippen molar-refractivity contribution in [2.45, 2.75) is 39.5 Å². The Morgan fingerprint density at radius 2 is 2.15 bits per heavy atom. The zero-order chi connectivity index (χ0) is 15.1. The van der Waals surface area contributed by atoms with Crippen LogP contribution in [-0.4, -0.2) is 12.5 Å². The molecule has 1 amide bonds. The minimum Gasteiger partial charge on any atom is -0.330 e. The van der Waals surface area contributed by atoms with Gasteiger partial charge in [-0.25, -0.2) is 0 Å². The zero-order valence-corrected chi connectivity index (χ0v) is 14.4. The van der Waals surface area contributed by atoms with Crippen molar-refractivity contribution in [3.8, 4) is 0 Å². The summed E-state index contributed by atoms with van der Waals surface area (Å²) in [5, 5.41) is 3.55. The summed E-state index contributed by atoms with van der Waals surface area (Å²) in [6, 6.07) is 3.68. The number of carbonyl (C=O) groups excluding carboxylic acids is 1. The summed E-state index contributed by atoms with van der Waals surface area (Å²) >= 11 is 9.51. The largest absolute Gasteiger partial charge is 0.330 e. The Morgan fingerprint density at radius 3 is 2.75 bits per heavy atom. The van der Waals surface area contributed by atoms with Crippen molar-refractivity contribution in [1.82, 2.24) is 0 Å². The third-order valence-corrected chi connectivity index (χ3v) is 4.52. The van der Waals surface area contributed by atoms with Crippen LogP contribution < -0.4 is 11.1 Å². The number of nitrogens with one attached hydrogen (secondary N) is 1. The highest BCUT2D eigenvalue weighted by Crippen LogP contribution is 2.29. The second-order valence-electron chi connectivity index (χ2n) is 5.02. The lowest BCUT2D eigenvalue weighted by molar-refractivity contribution is -0.116. The van der Waals surface area contributed by atoms with E-state index in [2.05, 4.69) is 28.2 Å². The van der Waals surface area contributed by atoms with Gasteiger partial charge >= 0.3 is 0 Å². The number of benzene rings is 1. The molecule has 1 aromatic carbocycles. The minimum absolute atomic E-state index is 0.0149. The summed E-state index contributed by atoms with van der Waals surface area (Å²) in [6.45, 7) is 4.74. The van der Waals surface area contributed by atoms with Crippen LogP contribution in [0, 0.1) is 12.8 Å². The van der Waals surface area contributed by atoms with Crippen molar-refractivity contribution in [3.05, 3.63) is 27.2 Å². The lowest BCUT2D eigenvalue weighted by atomic mass is 9.96. The Morgan fingerprint density at radius 1 is 1.45 bits per heavy atom. The molecule has 0 aliphatic heterocycles. The molecular weight excluding hydrogens is 340 g/mol. The summed E-state index contributed by atoms with van der Waals surface area (Å²) in [4.78, 5) is 12.0. The van der Waals surface area contributed by atoms with Crippen LogP contribution in [0.5, 0.6) is 0 Å². The maximum Gasteiger partial charge on any atom is 0.224 e. The maximum absolute atomic E-state index is 12.0. The van der Waals surface area contributed by atoms with E-state index in [1.54, 1.807) is 6.07 Å². The van der Waals surface area contributed by atoms with Crippen LogP contribution in [0.15, 0.2) is 16.6 Å². The van der Waals surface area contributed by atoms with E-state index in [-0.39, 0.29) is 5.91 Å². The predicted molar refractivity (Wildman–Crippen MR) is 89.2 cm³/mol. The summed E-state index contributed by atoms with van der Waals surface area (Å²) in [6.07, 6.45) is 3.42. The van der Waals surface area contributed by atoms with Gasteiger partial charge in [0.05, 0.1) is 5.69 Å². The smallest absolute Gasteiger partial charge is 0.224 e. The molecule has 20 heavy (non-hydrogen) atoms. The van der Waals surface area contributed by atoms with Gasteiger partial charge in [0.2, 0.25) is 5.91 Å². The van der Waals surface area contributed by atoms with Crippen LogP contribution >= 0.6 is 27.5 Å². The van der Waals surface area contributed by atoms with E-state index in [4.69, 9.17) is 17.3 Å². The monoisotopic (exact) mass is 360 g/mol. The second-order valence-corrected chi connectivity index (χ2v) is 6.28. The molecule has 1 unspecified atom stereocenters. The van der Waals surface area contributed by atoms with Crippen molar-refractivity contribution in [1.29, 1.82) is 0 Å². The molecule has 1 rings (SSSR count). The Bertz CT molecular complexity index is 465. The first-order valence-corrected chi connectivity index (χ1v) is 8.10. The molecule has 0 radical (unpaired) electrons. The van der Waals surface area contributed by atoms with Gasteiger partial charge < -0.3 is 11.1 Å². The molecule has 112 valence electrons. The average molecular weight is 362 g/mol. The summed E-state index contributed by atoms with van der Waals surface area (Å²) < 4.78 is 0.849. The van der Waals surface area contributed by atoms with Gasteiger partial charge in [0.15, 0.2) is 0 Å². The first-order chi connectivity index (χ1) is 9.47. The van der Waals surface area contributed by atoms with E-state index >= 15 is 0 Å². The van der Waals surface area contributed by atoms with Gasteiger partial charge in [-0.1, -0.05) is 24.9 Å². The van der Waals surface area contributed by atoms with Crippen molar-refractivity contribution < 1.29 is 4.79 Å². The van der Waals surface area contributed by atoms with Gasteiger partial charge in [0, 0.05) is 15.9 Å². The number of anilines is 1. The lowest BCUT2D eigenvalue weighted by Crippen LogP contribution is -2.15. The van der Waals surface area contributed by atoms with Crippen molar-refractivity contribution in [2.24, 2.45) is 11.7 Å². The molecule has 0 aliphatic carbocycles. The van der Waals surface area contributed by atoms with Crippen molar-refractivity contribution in [3.63, 3.8) is 0 Å². The van der Waals surface area contributed by atoms with Gasteiger partial charge in [-0.2, -0.15) is 0 Å². The first-order valence-electron chi connectivity index (χ1n) is 6.93. The SMILES string of the molecule is CCC(CCN)CCC(=O)Nc1cc(Cl)c(C)cc1Br. The molecule has 0 fully saturated rings. The molecule has 5 heteroatoms. The van der Waals surface area contributed by atoms with Crippen molar-refractivity contribution in [2.75, 3.05) is 11.9 Å². The van der Waals surface area contributed by atoms with Crippen LogP contribution in [0.2, 0.25) is 5.02 Å². The molecule has 0 bridgehead atoms. The number of rotatable bonds is 7. The van der Waals surface area contributed by atoms with Crippen LogP contribution in [0.1, 0.15) is 38.2 Å². The number of amides is 1. The molecule has 0 heterocycles. The Hall–Kier alpha value is -0.580. The highest BCUT2D eigenvalue weighted by molar-refractivity contribution is 9.10. The minimum atomic E-state index is 0.0149. The molecule has 3 N–H and O–H groups in total. The molecule has 0 aromatic heterocycles. The van der Waals surface area contributed by atoms with E-state index < -0.39 is 0 Å². The standard InChI is InChI=1S/C15H22BrClN2O/c1-3-11(6-7-18)4-5-15(20)19-14-9-13(17)10(2)8-12(14)16/h8-9,11H,3-7,18H2,1-2H3,(H,19,20). The van der Waals surface area contributed by atoms with Crippen LogP contribution in [-0.2, 0) is 4.79 Å². The fourth-order valence-electron chi connectivity index (χ4n) is 2.08. The Kier molecular flexibility index (Phi) is 7.56. The Labute approximate surface area is 134 Å². The van der Waals surface area contributed by atoms with Gasteiger partial charge in [-0.15, -0.1) is 0 Å². The molecule has 0 saturated heterocycles. The van der Waals surface area contributed by atoms with Gasteiger partial charge in [-0.05, 0) is 65.9 Å². The molecular formula is C15H22BrClN2O. The summed E-state index contributed by atoms with van der Waals surface area (Å²) in [5.41, 5.74) is 7.26. The Balaban J connectivity index is 2.56. The summed E-state index contributed by atoms with van der Waals surface area (Å²) in [7, 11) is 0. The highest BCUT2D eigenvalue weighted by Gasteiger charge is 2.11. The van der Waals surface area contributed by atoms with E-state index in [1.807, 2.05) is 13.0 Å². The van der Waals surface area contributed by atoms with Crippen molar-refractivity contribution >= 4 is 39.1 Å². The number of carbonyl (C=O) groups is 1. The molecule has 0 spiro atoms. The normalized spacial score (nSPS) is 12.2. The van der Waals surface area contributed by atoms with Gasteiger partial charge in [-0.3, -0.25) is 4.79 Å². The molecule has 0 aliphatic rings. The highest BCUT2D eigenvalue weighted by atomic mass is 79.9. The quantitative estimate of drug-likeness (QED) is 0.751. The number of hydrogen-bond acceptors (Lipinski definition) is 2. The van der Waals surface area contributed by atoms with E-state index in [1.165, 1.54) is 0 Å². The van der Waals surface area contributed by atoms with Crippen LogP contribution in [0.25, 0.3) is 0 Å². The first kappa shape index (κ1) is 17.5. The summed E-state index contributed by atoms with van der Waals surface area (Å²) in [5.74, 6) is 0.539. The van der Waals surface area contributed by atoms with Crippen LogP contribution in [0.4, 0.5) is 5.69 Å². The molecule has 3 nitrogen and oxygen atoms in total. The predicted octanol–water partition coefficient (Wildman–Crippen LogP) is 4.50. The topological polar surface area (TPSA) is 55.1 Å². The molecule has 0 saturated carbocycles. The fraction of sp³-hybridized carbons (Fsp3) is 0.533. The third-order valence-electron chi connectivity index (χ3n) is 3.45. The number of hydrogen-bond donors (Lipinski definition) is 2. The fourth-order valence-corrected chi connectivity index (χ4v) is 2.80. The van der Waals surface area contributed by atoms with Gasteiger partial charge in [0.1, 0.15) is 0 Å². The zero-order valence-electron chi connectivity index (χ0n) is 12.0. The number of nitrogens with two attached hydrogens (primary N) is 1. The van der Waals surface area contributed by atoms with Crippen LogP contribution in [0.3, 0.4) is 0 Å². The van der Waals surface area contributed by atoms with E-state index in [9.17, 15) is 4.79 Å². The molecule has 1 aromatic rings. The molecule has 1 atom stereocenters. The third kappa shape index (κ3) is 5.43. The lowest BCUT2D eigenvalue weighted by Gasteiger charge is -2.14.